The molecule has 1 aromatic carbocycles. The molecule has 5 unspecified atom stereocenters. The fraction of sp³-hybridized carbons (Fsp3) is 0.630. The van der Waals surface area contributed by atoms with Gasteiger partial charge in [-0.25, -0.2) is 5.84 Å². The molecule has 4 heterocycles. The van der Waals surface area contributed by atoms with E-state index in [4.69, 9.17) is 22.0 Å². The number of thioether (sulfide) groups is 1. The molecule has 1 aromatic heterocycles. The number of aliphatic hydroxyl groups excluding tert-OH is 2. The summed E-state index contributed by atoms with van der Waals surface area (Å²) in [6.45, 7) is 5.37. The normalized spacial score (nSPS) is 25.9. The third-order valence-corrected chi connectivity index (χ3v) is 14.3. The molecule has 0 aliphatic carbocycles. The van der Waals surface area contributed by atoms with Crippen LogP contribution in [0.25, 0.3) is 10.9 Å². The Hall–Kier alpha value is -6.02. The number of ether oxygens (including phenoxy) is 1. The quantitative estimate of drug-likeness (QED) is 0.0514. The molecule has 392 valence electrons. The van der Waals surface area contributed by atoms with Gasteiger partial charge in [0.1, 0.15) is 42.0 Å². The van der Waals surface area contributed by atoms with Crippen LogP contribution in [0.2, 0.25) is 0 Å². The molecule has 3 aliphatic heterocycles. The van der Waals surface area contributed by atoms with Gasteiger partial charge < -0.3 is 68.2 Å². The minimum atomic E-state index is -1.80. The van der Waals surface area contributed by atoms with E-state index in [0.29, 0.717) is 51.8 Å². The van der Waals surface area contributed by atoms with Crippen molar-refractivity contribution in [2.45, 2.75) is 126 Å². The van der Waals surface area contributed by atoms with Crippen molar-refractivity contribution in [1.82, 2.24) is 46.8 Å². The molecule has 0 radical (unpaired) electrons. The highest BCUT2D eigenvalue weighted by Gasteiger charge is 2.46. The Kier molecular flexibility index (Phi) is 20.4. The highest BCUT2D eigenvalue weighted by molar-refractivity contribution is 7.99. The molecule has 1 fully saturated rings. The second-order valence-corrected chi connectivity index (χ2v) is 19.7. The van der Waals surface area contributed by atoms with Crippen LogP contribution < -0.4 is 53.9 Å². The number of carbonyl (C=O) groups is 9. The van der Waals surface area contributed by atoms with Crippen molar-refractivity contribution in [3.05, 3.63) is 23.8 Å². The number of nitrogens with two attached hydrogens (primary N) is 3. The van der Waals surface area contributed by atoms with E-state index in [1.54, 1.807) is 39.0 Å². The first-order valence-electron chi connectivity index (χ1n) is 24.1. The molecule has 2 aromatic rings. The predicted molar refractivity (Wildman–Crippen MR) is 259 cm³/mol. The lowest BCUT2D eigenvalue weighted by Gasteiger charge is -2.35. The fourth-order valence-electron chi connectivity index (χ4n) is 8.80. The number of fused-ring (bicyclic) bond motifs is 5. The number of amides is 9. The van der Waals surface area contributed by atoms with Crippen LogP contribution in [-0.4, -0.2) is 166 Å². The van der Waals surface area contributed by atoms with Gasteiger partial charge in [-0.15, -0.1) is 11.8 Å². The number of aromatic nitrogens is 1. The minimum absolute atomic E-state index is 0.0432. The summed E-state index contributed by atoms with van der Waals surface area (Å²) in [4.78, 5) is 131. The van der Waals surface area contributed by atoms with Crippen molar-refractivity contribution in [3.63, 3.8) is 0 Å². The smallest absolute Gasteiger partial charge is 0.260 e. The van der Waals surface area contributed by atoms with Gasteiger partial charge in [0.05, 0.1) is 49.4 Å². The predicted octanol–water partition coefficient (Wildman–Crippen LogP) is -2.88. The van der Waals surface area contributed by atoms with Gasteiger partial charge in [0.15, 0.2) is 0 Å². The number of rotatable bonds is 14. The van der Waals surface area contributed by atoms with E-state index < -0.39 is 133 Å². The molecule has 0 spiro atoms. The van der Waals surface area contributed by atoms with Crippen molar-refractivity contribution in [2.75, 3.05) is 45.1 Å². The molecule has 5 rings (SSSR count). The Morgan fingerprint density at radius 1 is 0.873 bits per heavy atom. The average Bonchev–Trinajstić information content (AvgIpc) is 3.91. The summed E-state index contributed by atoms with van der Waals surface area (Å²) >= 11 is 1.00. The van der Waals surface area contributed by atoms with E-state index in [9.17, 15) is 53.4 Å². The van der Waals surface area contributed by atoms with Crippen molar-refractivity contribution in [1.29, 1.82) is 0 Å². The maximum absolute atomic E-state index is 14.7. The average molecular weight is 1020 g/mol. The molecule has 3 aliphatic rings. The van der Waals surface area contributed by atoms with Crippen LogP contribution in [0.3, 0.4) is 0 Å². The zero-order valence-corrected chi connectivity index (χ0v) is 41.4. The van der Waals surface area contributed by atoms with Crippen molar-refractivity contribution < 1.29 is 58.1 Å². The lowest BCUT2D eigenvalue weighted by Crippen LogP contribution is -2.63. The Balaban J connectivity index is 1.71. The second kappa shape index (κ2) is 25.9. The van der Waals surface area contributed by atoms with Gasteiger partial charge in [-0.05, 0) is 55.3 Å². The van der Waals surface area contributed by atoms with Crippen LogP contribution in [0, 0.1) is 17.8 Å². The third kappa shape index (κ3) is 14.5. The van der Waals surface area contributed by atoms with Gasteiger partial charge in [-0.2, -0.15) is 0 Å². The molecule has 2 bridgehead atoms. The summed E-state index contributed by atoms with van der Waals surface area (Å²) in [5.41, 5.74) is 12.2. The number of nitrogens with zero attached hydrogens (tertiary/aromatic N) is 2. The number of hydrogen-bond acceptors (Lipinski definition) is 15. The first-order valence-corrected chi connectivity index (χ1v) is 25.1. The Morgan fingerprint density at radius 2 is 1.56 bits per heavy atom. The summed E-state index contributed by atoms with van der Waals surface area (Å²) in [5.74, 6) is -3.49. The van der Waals surface area contributed by atoms with Crippen LogP contribution in [-0.2, 0) is 49.6 Å². The molecular weight excluding hydrogens is 945 g/mol. The van der Waals surface area contributed by atoms with E-state index in [2.05, 4.69) is 36.9 Å². The number of hydrazine groups is 1. The molecule has 71 heavy (non-hydrogen) atoms. The number of carbonyl (C=O) groups excluding carboxylic acids is 9. The number of aliphatic hydroxyl groups is 2. The van der Waals surface area contributed by atoms with Crippen LogP contribution in [0.15, 0.2) is 23.2 Å². The molecule has 15 N–H and O–H groups in total. The van der Waals surface area contributed by atoms with Crippen LogP contribution in [0.1, 0.15) is 78.2 Å². The van der Waals surface area contributed by atoms with Gasteiger partial charge in [0.25, 0.3) is 5.91 Å². The standard InChI is InChI=1S/C46H70N12O12S/c1-5-24(3)38-42(66)51-18-36(62)52-31-22-71-44-28(27-11-10-26(15-29(27)54-44)70-13-9-7-6-8-12-47)16-30(40(64)50-19-37(63)55-38)53-43(67)39(25(4)34(60)21-59)56-41(65)32-14-23(2)20-57(32)46(69)33(17-35(48)61)58(49)45(31)68/h10-11,15,23-25,30-34,38-39,54,59-60H,5-9,12-14,16-22,47,49H2,1-4H3,(H2,48,61)(H,50,64)(H,51,66)(H,52,62)(H,53,67)(H,55,63)(H,56,65)/t23?,24?,25-,30?,31-,32?,33-,34-,38-,39?/m0/s1. The lowest BCUT2D eigenvalue weighted by molar-refractivity contribution is -0.151. The van der Waals surface area contributed by atoms with E-state index in [1.165, 1.54) is 6.92 Å². The van der Waals surface area contributed by atoms with Crippen molar-refractivity contribution in [3.8, 4) is 5.75 Å². The number of nitrogens with one attached hydrogen (secondary N) is 7. The van der Waals surface area contributed by atoms with Gasteiger partial charge in [0.2, 0.25) is 47.3 Å². The van der Waals surface area contributed by atoms with Gasteiger partial charge in [-0.3, -0.25) is 48.2 Å². The van der Waals surface area contributed by atoms with Crippen molar-refractivity contribution in [2.24, 2.45) is 35.1 Å². The molecule has 25 heteroatoms. The Morgan fingerprint density at radius 3 is 2.24 bits per heavy atom. The number of primary amides is 1. The van der Waals surface area contributed by atoms with Crippen molar-refractivity contribution >= 4 is 75.8 Å². The first kappa shape index (κ1) is 55.9. The molecule has 9 amide bonds. The summed E-state index contributed by atoms with van der Waals surface area (Å²) < 4.78 is 6.07. The third-order valence-electron chi connectivity index (χ3n) is 13.2. The molecular formula is C46H70N12O12S. The monoisotopic (exact) mass is 1010 g/mol. The van der Waals surface area contributed by atoms with Gasteiger partial charge in [0, 0.05) is 36.1 Å². The summed E-state index contributed by atoms with van der Waals surface area (Å²) in [6.07, 6.45) is 1.29. The molecule has 1 saturated heterocycles. The van der Waals surface area contributed by atoms with E-state index in [-0.39, 0.29) is 31.1 Å². The highest BCUT2D eigenvalue weighted by atomic mass is 32.2. The van der Waals surface area contributed by atoms with Crippen LogP contribution >= 0.6 is 11.8 Å². The van der Waals surface area contributed by atoms with E-state index in [0.717, 1.165) is 42.3 Å². The SMILES string of the molecule is CCC(C)[C@@H]1NC(=O)CNC(=O)C2Cc3c([nH]c4cc(OCCCCCCN)ccc34)SC[C@H](NC(=O)CNC1=O)C(=O)N(N)[C@@H](CC(N)=O)C(=O)N1CC(C)CC1C(=O)NC([C@@H](C)[C@@H](O)CO)C(=O)N2. The maximum Gasteiger partial charge on any atom is 0.260 e. The number of benzene rings is 1. The number of aromatic amines is 1. The van der Waals surface area contributed by atoms with E-state index in [1.807, 2.05) is 0 Å². The Labute approximate surface area is 415 Å². The number of unbranched alkanes of at least 4 members (excludes halogenated alkanes) is 3. The van der Waals surface area contributed by atoms with Crippen LogP contribution in [0.4, 0.5) is 0 Å². The zero-order chi connectivity index (χ0) is 52.1. The van der Waals surface area contributed by atoms with Gasteiger partial charge in [-0.1, -0.05) is 47.0 Å². The molecule has 0 saturated carbocycles. The van der Waals surface area contributed by atoms with E-state index >= 15 is 0 Å². The fourth-order valence-corrected chi connectivity index (χ4v) is 9.91. The second-order valence-electron chi connectivity index (χ2n) is 18.6. The summed E-state index contributed by atoms with van der Waals surface area (Å²) in [6, 6.07) is -3.89. The zero-order valence-electron chi connectivity index (χ0n) is 40.6. The Bertz CT molecular complexity index is 2280. The highest BCUT2D eigenvalue weighted by Crippen LogP contribution is 2.34. The maximum atomic E-state index is 14.7. The largest absolute Gasteiger partial charge is 0.494 e. The van der Waals surface area contributed by atoms with Gasteiger partial charge >= 0.3 is 0 Å². The summed E-state index contributed by atoms with van der Waals surface area (Å²) in [7, 11) is 0. The van der Waals surface area contributed by atoms with Crippen LogP contribution in [0.5, 0.6) is 5.75 Å². The first-order chi connectivity index (χ1) is 33.8. The lowest BCUT2D eigenvalue weighted by atomic mass is 9.93. The minimum Gasteiger partial charge on any atom is -0.494 e. The number of hydrogen-bond donors (Lipinski definition) is 12. The molecule has 10 atom stereocenters. The molecule has 24 nitrogen and oxygen atoms in total. The topological polar surface area (TPSA) is 376 Å². The number of H-pyrrole nitrogens is 1. The summed E-state index contributed by atoms with van der Waals surface area (Å²) in [5, 5.41) is 37.8.